The first-order valence-corrected chi connectivity index (χ1v) is 13.9. The Kier molecular flexibility index (Phi) is 4.21. The third-order valence-electron chi connectivity index (χ3n) is 8.24. The third kappa shape index (κ3) is 2.62. The fourth-order valence-electron chi connectivity index (χ4n) is 6.88. The van der Waals surface area contributed by atoms with Gasteiger partial charge in [0.2, 0.25) is 0 Å². The smallest absolute Gasteiger partial charge is 0.184 e. The molecule has 0 bridgehead atoms. The van der Waals surface area contributed by atoms with E-state index in [-0.39, 0.29) is 16.9 Å². The van der Waals surface area contributed by atoms with Crippen molar-refractivity contribution in [2.45, 2.75) is 84.5 Å². The van der Waals surface area contributed by atoms with Crippen molar-refractivity contribution in [1.82, 2.24) is 0 Å². The van der Waals surface area contributed by atoms with Gasteiger partial charge < -0.3 is 4.43 Å². The van der Waals surface area contributed by atoms with Crippen molar-refractivity contribution in [1.29, 1.82) is 0 Å². The summed E-state index contributed by atoms with van der Waals surface area (Å²) in [7, 11) is -1.74. The molecule has 0 saturated heterocycles. The van der Waals surface area contributed by atoms with Gasteiger partial charge in [-0.15, -0.1) is 0 Å². The van der Waals surface area contributed by atoms with Crippen LogP contribution in [0.25, 0.3) is 0 Å². The Hall–Kier alpha value is -0.743. The van der Waals surface area contributed by atoms with Gasteiger partial charge in [-0.05, 0) is 87.9 Å². The maximum absolute atomic E-state index is 13.0. The molecule has 6 atom stereocenters. The van der Waals surface area contributed by atoms with Crippen molar-refractivity contribution < 1.29 is 14.0 Å². The lowest BCUT2D eigenvalue weighted by atomic mass is 9.47. The molecule has 0 unspecified atom stereocenters. The fourth-order valence-corrected chi connectivity index (χ4v) is 8.08. The highest BCUT2D eigenvalue weighted by Crippen LogP contribution is 2.65. The van der Waals surface area contributed by atoms with E-state index in [1.165, 1.54) is 5.57 Å². The van der Waals surface area contributed by atoms with Crippen LogP contribution >= 0.6 is 0 Å². The van der Waals surface area contributed by atoms with Gasteiger partial charge >= 0.3 is 0 Å². The van der Waals surface area contributed by atoms with Crippen molar-refractivity contribution >= 4 is 19.9 Å². The Morgan fingerprint density at radius 3 is 2.46 bits per heavy atom. The van der Waals surface area contributed by atoms with Gasteiger partial charge in [-0.3, -0.25) is 9.59 Å². The zero-order valence-electron chi connectivity index (χ0n) is 17.1. The second kappa shape index (κ2) is 5.87. The van der Waals surface area contributed by atoms with E-state index in [1.54, 1.807) is 0 Å². The van der Waals surface area contributed by atoms with E-state index < -0.39 is 8.32 Å². The first-order chi connectivity index (χ1) is 12.1. The molecule has 0 N–H and O–H groups in total. The van der Waals surface area contributed by atoms with Crippen LogP contribution in [0.15, 0.2) is 11.6 Å². The first-order valence-electron chi connectivity index (χ1n) is 10.5. The van der Waals surface area contributed by atoms with Gasteiger partial charge in [-0.2, -0.15) is 0 Å². The van der Waals surface area contributed by atoms with Crippen LogP contribution in [0, 0.1) is 28.6 Å². The Morgan fingerprint density at radius 2 is 1.77 bits per heavy atom. The van der Waals surface area contributed by atoms with E-state index in [9.17, 15) is 9.59 Å². The summed E-state index contributed by atoms with van der Waals surface area (Å²) >= 11 is 0. The topological polar surface area (TPSA) is 43.4 Å². The molecule has 0 aromatic carbocycles. The van der Waals surface area contributed by atoms with Crippen molar-refractivity contribution in [3.05, 3.63) is 11.6 Å². The molecule has 0 spiro atoms. The minimum atomic E-state index is -1.74. The summed E-state index contributed by atoms with van der Waals surface area (Å²) < 4.78 is 6.69. The van der Waals surface area contributed by atoms with Gasteiger partial charge in [0.05, 0.1) is 11.5 Å². The third-order valence-corrected chi connectivity index (χ3v) is 9.24. The van der Waals surface area contributed by atoms with Gasteiger partial charge in [0.15, 0.2) is 14.1 Å². The zero-order chi connectivity index (χ0) is 18.9. The number of allylic oxidation sites excluding steroid dienone is 1. The molecular formula is C22H34O3Si. The minimum absolute atomic E-state index is 0.0595. The average molecular weight is 375 g/mol. The standard InChI is InChI=1S/C22H34O3Si/c1-21-11-10-15(23)12-14(21)6-7-16-17-8-9-19(24)22(17,2)20(13-18(16)21)25-26(3,4)5/h12,16-18,20H,6-11,13H2,1-5H3/t16-,17-,18-,20+,21-,22-/m0/s1. The van der Waals surface area contributed by atoms with E-state index in [1.807, 2.05) is 6.08 Å². The largest absolute Gasteiger partial charge is 0.414 e. The lowest BCUT2D eigenvalue weighted by Gasteiger charge is -2.59. The molecule has 0 aromatic rings. The van der Waals surface area contributed by atoms with Crippen LogP contribution in [-0.4, -0.2) is 26.0 Å². The molecule has 26 heavy (non-hydrogen) atoms. The van der Waals surface area contributed by atoms with Crippen molar-refractivity contribution in [2.24, 2.45) is 28.6 Å². The second-order valence-electron chi connectivity index (χ2n) is 10.7. The van der Waals surface area contributed by atoms with Crippen LogP contribution in [0.1, 0.15) is 58.8 Å². The lowest BCUT2D eigenvalue weighted by molar-refractivity contribution is -0.148. The highest BCUT2D eigenvalue weighted by Gasteiger charge is 2.63. The molecule has 144 valence electrons. The van der Waals surface area contributed by atoms with Crippen LogP contribution < -0.4 is 0 Å². The molecule has 4 heteroatoms. The Balaban J connectivity index is 1.74. The van der Waals surface area contributed by atoms with E-state index in [2.05, 4.69) is 33.5 Å². The molecule has 3 fully saturated rings. The number of hydrogen-bond acceptors (Lipinski definition) is 3. The molecule has 3 nitrogen and oxygen atoms in total. The molecule has 0 heterocycles. The first kappa shape index (κ1) is 18.6. The van der Waals surface area contributed by atoms with Crippen molar-refractivity contribution in [2.75, 3.05) is 0 Å². The Bertz CT molecular complexity index is 675. The summed E-state index contributed by atoms with van der Waals surface area (Å²) in [6, 6.07) is 0. The molecule has 4 aliphatic rings. The Morgan fingerprint density at radius 1 is 1.04 bits per heavy atom. The molecule has 4 aliphatic carbocycles. The minimum Gasteiger partial charge on any atom is -0.414 e. The van der Waals surface area contributed by atoms with E-state index in [0.29, 0.717) is 35.7 Å². The number of Topliss-reactive ketones (excluding diaryl/α,β-unsaturated/α-hetero) is 1. The highest BCUT2D eigenvalue weighted by atomic mass is 28.4. The van der Waals surface area contributed by atoms with Gasteiger partial charge in [-0.25, -0.2) is 0 Å². The average Bonchev–Trinajstić information content (AvgIpc) is 2.85. The summed E-state index contributed by atoms with van der Waals surface area (Å²) in [5, 5.41) is 0. The van der Waals surface area contributed by atoms with Gasteiger partial charge in [0, 0.05) is 12.8 Å². The molecule has 4 rings (SSSR count). The normalized spacial score (nSPS) is 45.7. The molecule has 0 radical (unpaired) electrons. The molecule has 0 aliphatic heterocycles. The van der Waals surface area contributed by atoms with Gasteiger partial charge in [-0.1, -0.05) is 12.5 Å². The molecule has 3 saturated carbocycles. The van der Waals surface area contributed by atoms with Crippen LogP contribution in [0.4, 0.5) is 0 Å². The summed E-state index contributed by atoms with van der Waals surface area (Å²) in [4.78, 5) is 25.0. The number of carbonyl (C=O) groups excluding carboxylic acids is 2. The van der Waals surface area contributed by atoms with E-state index >= 15 is 0 Å². The van der Waals surface area contributed by atoms with E-state index in [4.69, 9.17) is 4.43 Å². The Labute approximate surface area is 159 Å². The van der Waals surface area contributed by atoms with Crippen LogP contribution in [-0.2, 0) is 14.0 Å². The van der Waals surface area contributed by atoms with Crippen molar-refractivity contribution in [3.63, 3.8) is 0 Å². The monoisotopic (exact) mass is 374 g/mol. The fraction of sp³-hybridized carbons (Fsp3) is 0.818. The maximum Gasteiger partial charge on any atom is 0.184 e. The maximum atomic E-state index is 13.0. The van der Waals surface area contributed by atoms with Gasteiger partial charge in [0.1, 0.15) is 5.78 Å². The summed E-state index contributed by atoms with van der Waals surface area (Å²) in [5.74, 6) is 2.38. The molecule has 0 aromatic heterocycles. The predicted octanol–water partition coefficient (Wildman–Crippen LogP) is 4.92. The van der Waals surface area contributed by atoms with Crippen LogP contribution in [0.3, 0.4) is 0 Å². The quantitative estimate of drug-likeness (QED) is 0.645. The van der Waals surface area contributed by atoms with Gasteiger partial charge in [0.25, 0.3) is 0 Å². The van der Waals surface area contributed by atoms with E-state index in [0.717, 1.165) is 38.5 Å². The highest BCUT2D eigenvalue weighted by molar-refractivity contribution is 6.69. The SMILES string of the molecule is C[C@@]12C(=O)CC[C@H]1[C@@H]1CCC3=CC(=O)CC[C@]3(C)[C@H]1C[C@H]2O[Si](C)(C)C. The lowest BCUT2D eigenvalue weighted by Crippen LogP contribution is -2.58. The summed E-state index contributed by atoms with van der Waals surface area (Å²) in [6.07, 6.45) is 8.64. The predicted molar refractivity (Wildman–Crippen MR) is 105 cm³/mol. The van der Waals surface area contributed by atoms with Crippen LogP contribution in [0.2, 0.25) is 19.6 Å². The second-order valence-corrected chi connectivity index (χ2v) is 15.1. The number of rotatable bonds is 2. The number of ketones is 2. The number of fused-ring (bicyclic) bond motifs is 5. The molecule has 0 amide bonds. The van der Waals surface area contributed by atoms with Crippen molar-refractivity contribution in [3.8, 4) is 0 Å². The summed E-state index contributed by atoms with van der Waals surface area (Å²) in [5.41, 5.74) is 1.23. The summed E-state index contributed by atoms with van der Waals surface area (Å²) in [6.45, 7) is 11.3. The van der Waals surface area contributed by atoms with Crippen LogP contribution in [0.5, 0.6) is 0 Å². The number of hydrogen-bond donors (Lipinski definition) is 0. The zero-order valence-corrected chi connectivity index (χ0v) is 18.1. The molecular weight excluding hydrogens is 340 g/mol. The number of carbonyl (C=O) groups is 2.